The predicted molar refractivity (Wildman–Crippen MR) is 87.8 cm³/mol. The van der Waals surface area contributed by atoms with Crippen LogP contribution in [0.25, 0.3) is 0 Å². The van der Waals surface area contributed by atoms with Gasteiger partial charge in [0.2, 0.25) is 0 Å². The number of hydrogen-bond donors (Lipinski definition) is 1. The summed E-state index contributed by atoms with van der Waals surface area (Å²) in [6.45, 7) is 0.919. The Bertz CT molecular complexity index is 421. The molecule has 0 amide bonds. The molecule has 0 aliphatic heterocycles. The van der Waals surface area contributed by atoms with Crippen LogP contribution in [0.2, 0.25) is 5.02 Å². The summed E-state index contributed by atoms with van der Waals surface area (Å²) in [4.78, 5) is 0. The largest absolute Gasteiger partial charge is 0.369 e. The quantitative estimate of drug-likeness (QED) is 0.757. The first-order chi connectivity index (χ1) is 10.3. The maximum atomic E-state index is 6.47. The molecular weight excluding hydrogens is 282 g/mol. The minimum Gasteiger partial charge on any atom is -0.369 e. The van der Waals surface area contributed by atoms with Gasteiger partial charge in [-0.3, -0.25) is 0 Å². The topological polar surface area (TPSA) is 21.3 Å². The summed E-state index contributed by atoms with van der Waals surface area (Å²) in [5, 5.41) is 4.41. The summed E-state index contributed by atoms with van der Waals surface area (Å²) in [7, 11) is 0. The van der Waals surface area contributed by atoms with Gasteiger partial charge in [0.05, 0.1) is 12.2 Å². The van der Waals surface area contributed by atoms with Crippen LogP contribution in [0.1, 0.15) is 63.0 Å². The first-order valence-electron chi connectivity index (χ1n) is 8.45. The van der Waals surface area contributed by atoms with Crippen LogP contribution in [-0.4, -0.2) is 18.7 Å². The van der Waals surface area contributed by atoms with Crippen molar-refractivity contribution < 1.29 is 4.74 Å². The number of hydrogen-bond acceptors (Lipinski definition) is 2. The Labute approximate surface area is 133 Å². The average molecular weight is 308 g/mol. The third kappa shape index (κ3) is 4.98. The van der Waals surface area contributed by atoms with E-state index >= 15 is 0 Å². The first-order valence-corrected chi connectivity index (χ1v) is 8.83. The Morgan fingerprint density at radius 1 is 1.00 bits per heavy atom. The molecule has 1 atom stereocenters. The van der Waals surface area contributed by atoms with Gasteiger partial charge in [0.1, 0.15) is 0 Å². The minimum absolute atomic E-state index is 0.158. The standard InChI is InChI=1S/C18H26ClNO/c19-15-9-7-14(8-10-15)18(13-20-16-11-12-16)21-17-5-3-1-2-4-6-17/h7-10,16-18,20H,1-6,11-13H2. The lowest BCUT2D eigenvalue weighted by Gasteiger charge is -2.25. The van der Waals surface area contributed by atoms with Crippen LogP contribution in [-0.2, 0) is 4.74 Å². The Kier molecular flexibility index (Phi) is 5.56. The molecule has 0 heterocycles. The van der Waals surface area contributed by atoms with Crippen molar-refractivity contribution in [1.82, 2.24) is 5.32 Å². The third-order valence-corrected chi connectivity index (χ3v) is 4.82. The number of nitrogens with one attached hydrogen (secondary N) is 1. The second-order valence-electron chi connectivity index (χ2n) is 6.47. The summed E-state index contributed by atoms with van der Waals surface area (Å²) in [5.74, 6) is 0. The SMILES string of the molecule is Clc1ccc(C(CNC2CC2)OC2CCCCCC2)cc1. The van der Waals surface area contributed by atoms with Crippen LogP contribution in [0.15, 0.2) is 24.3 Å². The molecule has 1 unspecified atom stereocenters. The molecule has 0 spiro atoms. The number of rotatable bonds is 6. The van der Waals surface area contributed by atoms with E-state index in [0.29, 0.717) is 6.10 Å². The second-order valence-corrected chi connectivity index (χ2v) is 6.91. The van der Waals surface area contributed by atoms with E-state index in [4.69, 9.17) is 16.3 Å². The number of halogens is 1. The molecule has 1 aromatic rings. The molecule has 0 saturated heterocycles. The summed E-state index contributed by atoms with van der Waals surface area (Å²) >= 11 is 6.01. The molecule has 1 N–H and O–H groups in total. The molecule has 0 bridgehead atoms. The van der Waals surface area contributed by atoms with Gasteiger partial charge >= 0.3 is 0 Å². The molecule has 2 aliphatic carbocycles. The van der Waals surface area contributed by atoms with Gasteiger partial charge in [-0.1, -0.05) is 49.4 Å². The highest BCUT2D eigenvalue weighted by atomic mass is 35.5. The second kappa shape index (κ2) is 7.62. The van der Waals surface area contributed by atoms with Crippen LogP contribution < -0.4 is 5.32 Å². The van der Waals surface area contributed by atoms with Crippen LogP contribution in [0, 0.1) is 0 Å². The van der Waals surface area contributed by atoms with Crippen LogP contribution in [0.5, 0.6) is 0 Å². The highest BCUT2D eigenvalue weighted by molar-refractivity contribution is 6.30. The van der Waals surface area contributed by atoms with Crippen molar-refractivity contribution in [3.8, 4) is 0 Å². The summed E-state index contributed by atoms with van der Waals surface area (Å²) in [6, 6.07) is 8.88. The van der Waals surface area contributed by atoms with E-state index in [9.17, 15) is 0 Å². The van der Waals surface area contributed by atoms with Crippen molar-refractivity contribution in [2.24, 2.45) is 0 Å². The maximum absolute atomic E-state index is 6.47. The Morgan fingerprint density at radius 3 is 2.29 bits per heavy atom. The molecular formula is C18H26ClNO. The fourth-order valence-corrected chi connectivity index (χ4v) is 3.22. The third-order valence-electron chi connectivity index (χ3n) is 4.57. The lowest BCUT2D eigenvalue weighted by molar-refractivity contribution is -0.0203. The first kappa shape index (κ1) is 15.3. The zero-order valence-electron chi connectivity index (χ0n) is 12.7. The van der Waals surface area contributed by atoms with Gasteiger partial charge in [0, 0.05) is 17.6 Å². The van der Waals surface area contributed by atoms with E-state index in [1.54, 1.807) is 0 Å². The molecule has 0 radical (unpaired) electrons. The maximum Gasteiger partial charge on any atom is 0.0953 e. The van der Waals surface area contributed by atoms with E-state index < -0.39 is 0 Å². The minimum atomic E-state index is 0.158. The zero-order chi connectivity index (χ0) is 14.5. The Morgan fingerprint density at radius 2 is 1.67 bits per heavy atom. The fourth-order valence-electron chi connectivity index (χ4n) is 3.09. The molecule has 2 fully saturated rings. The highest BCUT2D eigenvalue weighted by Crippen LogP contribution is 2.28. The van der Waals surface area contributed by atoms with Crippen LogP contribution >= 0.6 is 11.6 Å². The Hall–Kier alpha value is -0.570. The average Bonchev–Trinajstić information content (AvgIpc) is 3.32. The number of benzene rings is 1. The van der Waals surface area contributed by atoms with Crippen molar-refractivity contribution in [3.05, 3.63) is 34.9 Å². The van der Waals surface area contributed by atoms with Gasteiger partial charge < -0.3 is 10.1 Å². The fraction of sp³-hybridized carbons (Fsp3) is 0.667. The van der Waals surface area contributed by atoms with E-state index in [0.717, 1.165) is 17.6 Å². The van der Waals surface area contributed by atoms with E-state index in [2.05, 4.69) is 17.4 Å². The molecule has 3 heteroatoms. The van der Waals surface area contributed by atoms with Gasteiger partial charge in [-0.25, -0.2) is 0 Å². The lowest BCUT2D eigenvalue weighted by Crippen LogP contribution is -2.28. The molecule has 3 rings (SSSR count). The molecule has 1 aromatic carbocycles. The van der Waals surface area contributed by atoms with E-state index in [-0.39, 0.29) is 6.10 Å². The van der Waals surface area contributed by atoms with Gasteiger partial charge in [-0.05, 0) is 43.4 Å². The van der Waals surface area contributed by atoms with Crippen molar-refractivity contribution in [3.63, 3.8) is 0 Å². The molecule has 0 aromatic heterocycles. The number of ether oxygens (including phenoxy) is 1. The monoisotopic (exact) mass is 307 g/mol. The molecule has 2 saturated carbocycles. The normalized spacial score (nSPS) is 22.0. The zero-order valence-corrected chi connectivity index (χ0v) is 13.4. The molecule has 21 heavy (non-hydrogen) atoms. The smallest absolute Gasteiger partial charge is 0.0953 e. The van der Waals surface area contributed by atoms with Crippen LogP contribution in [0.4, 0.5) is 0 Å². The lowest BCUT2D eigenvalue weighted by atomic mass is 10.1. The summed E-state index contributed by atoms with van der Waals surface area (Å²) < 4.78 is 6.47. The van der Waals surface area contributed by atoms with Crippen LogP contribution in [0.3, 0.4) is 0 Å². The van der Waals surface area contributed by atoms with Crippen molar-refractivity contribution >= 4 is 11.6 Å². The van der Waals surface area contributed by atoms with E-state index in [1.807, 2.05) is 12.1 Å². The summed E-state index contributed by atoms with van der Waals surface area (Å²) in [6.07, 6.45) is 11.0. The van der Waals surface area contributed by atoms with Gasteiger partial charge in [0.15, 0.2) is 0 Å². The van der Waals surface area contributed by atoms with Gasteiger partial charge in [-0.2, -0.15) is 0 Å². The Balaban J connectivity index is 1.63. The van der Waals surface area contributed by atoms with Gasteiger partial charge in [0.25, 0.3) is 0 Å². The summed E-state index contributed by atoms with van der Waals surface area (Å²) in [5.41, 5.74) is 1.25. The van der Waals surface area contributed by atoms with Crippen molar-refractivity contribution in [2.75, 3.05) is 6.54 Å². The van der Waals surface area contributed by atoms with Gasteiger partial charge in [-0.15, -0.1) is 0 Å². The van der Waals surface area contributed by atoms with Crippen molar-refractivity contribution in [1.29, 1.82) is 0 Å². The highest BCUT2D eigenvalue weighted by Gasteiger charge is 2.24. The van der Waals surface area contributed by atoms with E-state index in [1.165, 1.54) is 56.9 Å². The molecule has 2 aliphatic rings. The van der Waals surface area contributed by atoms with Crippen molar-refractivity contribution in [2.45, 2.75) is 69.6 Å². The molecule has 2 nitrogen and oxygen atoms in total. The molecule has 116 valence electrons. The predicted octanol–water partition coefficient (Wildman–Crippen LogP) is 4.87.